The summed E-state index contributed by atoms with van der Waals surface area (Å²) < 4.78 is 34.7. The molecule has 0 bridgehead atoms. The first-order valence-electron chi connectivity index (χ1n) is 8.74. The van der Waals surface area contributed by atoms with Crippen molar-refractivity contribution in [2.45, 2.75) is 44.2 Å². The summed E-state index contributed by atoms with van der Waals surface area (Å²) >= 11 is 0. The largest absolute Gasteiger partial charge is 0.480 e. The molecule has 144 valence electrons. The monoisotopic (exact) mass is 378 g/mol. The standard InChI is InChI=1S/C18H20F2N4O3/c19-11-1-2-14(20)13(3-11)18-15(21)4-12(9-27-18)23-5-10-6-24(8-17(25)26)22-16(10)7-23/h1-3,6,12,15,18H,4-5,7-9,21H2,(H,25,26)/t12?,15-,18+/m0/s1. The predicted octanol–water partition coefficient (Wildman–Crippen LogP) is 1.42. The molecule has 7 nitrogen and oxygen atoms in total. The molecule has 1 aromatic heterocycles. The fourth-order valence-corrected chi connectivity index (χ4v) is 3.86. The first-order chi connectivity index (χ1) is 12.9. The summed E-state index contributed by atoms with van der Waals surface area (Å²) in [6.07, 6.45) is 1.65. The van der Waals surface area contributed by atoms with Crippen molar-refractivity contribution in [3.8, 4) is 0 Å². The number of carboxylic acid groups (broad SMARTS) is 1. The SMILES string of the molecule is N[C@H]1CC(N2Cc3cn(CC(=O)O)nc3C2)CO[C@@H]1c1cc(F)ccc1F. The second kappa shape index (κ2) is 6.99. The molecule has 0 amide bonds. The van der Waals surface area contributed by atoms with Crippen molar-refractivity contribution in [1.82, 2.24) is 14.7 Å². The maximum Gasteiger partial charge on any atom is 0.325 e. The zero-order valence-corrected chi connectivity index (χ0v) is 14.5. The van der Waals surface area contributed by atoms with E-state index in [0.29, 0.717) is 26.1 Å². The Morgan fingerprint density at radius 1 is 1.37 bits per heavy atom. The molecule has 2 aromatic rings. The molecule has 3 heterocycles. The van der Waals surface area contributed by atoms with E-state index in [4.69, 9.17) is 15.6 Å². The summed E-state index contributed by atoms with van der Waals surface area (Å²) in [6.45, 7) is 1.41. The van der Waals surface area contributed by atoms with Gasteiger partial charge in [-0.25, -0.2) is 8.78 Å². The minimum absolute atomic E-state index is 0.0370. The summed E-state index contributed by atoms with van der Waals surface area (Å²) in [6, 6.07) is 2.87. The van der Waals surface area contributed by atoms with E-state index in [9.17, 15) is 13.6 Å². The summed E-state index contributed by atoms with van der Waals surface area (Å²) in [5.41, 5.74) is 8.21. The minimum Gasteiger partial charge on any atom is -0.480 e. The molecule has 0 aliphatic carbocycles. The van der Waals surface area contributed by atoms with E-state index in [1.165, 1.54) is 4.68 Å². The van der Waals surface area contributed by atoms with Gasteiger partial charge >= 0.3 is 5.97 Å². The Hall–Kier alpha value is -2.36. The Morgan fingerprint density at radius 3 is 2.89 bits per heavy atom. The predicted molar refractivity (Wildman–Crippen MR) is 90.5 cm³/mol. The maximum atomic E-state index is 14.0. The highest BCUT2D eigenvalue weighted by atomic mass is 19.1. The Bertz CT molecular complexity index is 849. The van der Waals surface area contributed by atoms with Gasteiger partial charge < -0.3 is 15.6 Å². The fourth-order valence-electron chi connectivity index (χ4n) is 3.86. The van der Waals surface area contributed by atoms with Crippen molar-refractivity contribution in [1.29, 1.82) is 0 Å². The van der Waals surface area contributed by atoms with E-state index in [1.54, 1.807) is 6.20 Å². The van der Waals surface area contributed by atoms with Crippen LogP contribution in [-0.4, -0.2) is 44.4 Å². The molecule has 2 aliphatic heterocycles. The highest BCUT2D eigenvalue weighted by Gasteiger charge is 2.37. The first kappa shape index (κ1) is 18.0. The molecule has 3 N–H and O–H groups in total. The number of halogens is 2. The number of hydrogen-bond acceptors (Lipinski definition) is 5. The molecule has 9 heteroatoms. The van der Waals surface area contributed by atoms with Crippen molar-refractivity contribution in [2.24, 2.45) is 5.73 Å². The number of aromatic nitrogens is 2. The zero-order chi connectivity index (χ0) is 19.1. The number of rotatable bonds is 4. The number of ether oxygens (including phenoxy) is 1. The van der Waals surface area contributed by atoms with E-state index in [2.05, 4.69) is 10.00 Å². The van der Waals surface area contributed by atoms with Crippen LogP contribution in [0.25, 0.3) is 0 Å². The zero-order valence-electron chi connectivity index (χ0n) is 14.5. The van der Waals surface area contributed by atoms with Gasteiger partial charge in [0.05, 0.1) is 12.3 Å². The van der Waals surface area contributed by atoms with Gasteiger partial charge in [-0.15, -0.1) is 0 Å². The molecule has 0 spiro atoms. The lowest BCUT2D eigenvalue weighted by Crippen LogP contribution is -2.47. The van der Waals surface area contributed by atoms with Crippen molar-refractivity contribution < 1.29 is 23.4 Å². The molecule has 4 rings (SSSR count). The molecule has 1 fully saturated rings. The van der Waals surface area contributed by atoms with Crippen molar-refractivity contribution in [3.05, 3.63) is 52.9 Å². The van der Waals surface area contributed by atoms with Gasteiger partial charge in [-0.3, -0.25) is 14.4 Å². The number of nitrogens with zero attached hydrogens (tertiary/aromatic N) is 3. The number of fused-ring (bicyclic) bond motifs is 1. The number of benzene rings is 1. The molecule has 2 aliphatic rings. The summed E-state index contributed by atoms with van der Waals surface area (Å²) in [5.74, 6) is -1.98. The van der Waals surface area contributed by atoms with Crippen LogP contribution in [0, 0.1) is 11.6 Å². The molecule has 0 saturated carbocycles. The summed E-state index contributed by atoms with van der Waals surface area (Å²) in [7, 11) is 0. The average molecular weight is 378 g/mol. The van der Waals surface area contributed by atoms with E-state index in [-0.39, 0.29) is 18.2 Å². The fraction of sp³-hybridized carbons (Fsp3) is 0.444. The third kappa shape index (κ3) is 3.58. The molecular formula is C18H20F2N4O3. The molecular weight excluding hydrogens is 358 g/mol. The average Bonchev–Trinajstić information content (AvgIpc) is 3.15. The van der Waals surface area contributed by atoms with E-state index < -0.39 is 29.7 Å². The highest BCUT2D eigenvalue weighted by Crippen LogP contribution is 2.33. The molecule has 0 radical (unpaired) electrons. The van der Waals surface area contributed by atoms with Crippen LogP contribution in [0.4, 0.5) is 8.78 Å². The third-order valence-electron chi connectivity index (χ3n) is 5.13. The van der Waals surface area contributed by atoms with E-state index in [1.807, 2.05) is 0 Å². The summed E-state index contributed by atoms with van der Waals surface area (Å²) in [4.78, 5) is 13.0. The van der Waals surface area contributed by atoms with Crippen LogP contribution in [0.5, 0.6) is 0 Å². The number of carboxylic acids is 1. The number of carbonyl (C=O) groups is 1. The molecule has 1 unspecified atom stereocenters. The van der Waals surface area contributed by atoms with Gasteiger partial charge in [-0.1, -0.05) is 0 Å². The number of aliphatic carboxylic acids is 1. The molecule has 1 saturated heterocycles. The smallest absolute Gasteiger partial charge is 0.325 e. The normalized spacial score (nSPS) is 25.5. The van der Waals surface area contributed by atoms with Crippen LogP contribution in [0.3, 0.4) is 0 Å². The Balaban J connectivity index is 1.41. The second-order valence-corrected chi connectivity index (χ2v) is 7.07. The quantitative estimate of drug-likeness (QED) is 0.836. The third-order valence-corrected chi connectivity index (χ3v) is 5.13. The first-order valence-corrected chi connectivity index (χ1v) is 8.74. The second-order valence-electron chi connectivity index (χ2n) is 7.07. The lowest BCUT2D eigenvalue weighted by atomic mass is 9.93. The van der Waals surface area contributed by atoms with Gasteiger partial charge in [-0.05, 0) is 24.6 Å². The number of nitrogens with two attached hydrogens (primary N) is 1. The van der Waals surface area contributed by atoms with Gasteiger partial charge in [-0.2, -0.15) is 5.10 Å². The lowest BCUT2D eigenvalue weighted by Gasteiger charge is -2.38. The summed E-state index contributed by atoms with van der Waals surface area (Å²) in [5, 5.41) is 13.2. The van der Waals surface area contributed by atoms with Crippen molar-refractivity contribution in [3.63, 3.8) is 0 Å². The minimum atomic E-state index is -0.935. The molecule has 1 aromatic carbocycles. The number of hydrogen-bond donors (Lipinski definition) is 2. The molecule has 27 heavy (non-hydrogen) atoms. The molecule has 3 atom stereocenters. The van der Waals surface area contributed by atoms with Crippen LogP contribution >= 0.6 is 0 Å². The van der Waals surface area contributed by atoms with Crippen molar-refractivity contribution >= 4 is 5.97 Å². The van der Waals surface area contributed by atoms with Crippen molar-refractivity contribution in [2.75, 3.05) is 6.61 Å². The maximum absolute atomic E-state index is 14.0. The van der Waals surface area contributed by atoms with Gasteiger partial charge in [0.25, 0.3) is 0 Å². The van der Waals surface area contributed by atoms with Gasteiger partial charge in [0.1, 0.15) is 24.3 Å². The topological polar surface area (TPSA) is 93.6 Å². The Kier molecular flexibility index (Phi) is 4.67. The van der Waals surface area contributed by atoms with Gasteiger partial charge in [0.2, 0.25) is 0 Å². The van der Waals surface area contributed by atoms with Crippen LogP contribution < -0.4 is 5.73 Å². The lowest BCUT2D eigenvalue weighted by molar-refractivity contribution is -0.137. The Labute approximate surface area is 154 Å². The van der Waals surface area contributed by atoms with Gasteiger partial charge in [0.15, 0.2) is 0 Å². The van der Waals surface area contributed by atoms with Crippen LogP contribution in [0.1, 0.15) is 29.3 Å². The van der Waals surface area contributed by atoms with Crippen LogP contribution in [0.2, 0.25) is 0 Å². The Morgan fingerprint density at radius 2 is 2.19 bits per heavy atom. The van der Waals surface area contributed by atoms with Crippen LogP contribution in [-0.2, 0) is 29.2 Å². The van der Waals surface area contributed by atoms with E-state index in [0.717, 1.165) is 29.5 Å². The highest BCUT2D eigenvalue weighted by molar-refractivity contribution is 5.66. The van der Waals surface area contributed by atoms with Gasteiger partial charge in [0, 0.05) is 42.5 Å². The van der Waals surface area contributed by atoms with E-state index >= 15 is 0 Å². The van der Waals surface area contributed by atoms with Crippen LogP contribution in [0.15, 0.2) is 24.4 Å².